The molecule has 0 bridgehead atoms. The Morgan fingerprint density at radius 1 is 1.00 bits per heavy atom. The first-order chi connectivity index (χ1) is 8.08. The summed E-state index contributed by atoms with van der Waals surface area (Å²) in [5.74, 6) is 0. The molecule has 0 radical (unpaired) electrons. The standard InChI is InChI=1S/C15H31NO/c1-15(2,3)16-12-8-4-5-9-13-17-14-10-6-7-11-14/h14,16H,4-13H2,1-3H3. The van der Waals surface area contributed by atoms with E-state index >= 15 is 0 Å². The Balaban J connectivity index is 1.78. The molecule has 2 heteroatoms. The van der Waals surface area contributed by atoms with Crippen LogP contribution in [0.1, 0.15) is 72.1 Å². The van der Waals surface area contributed by atoms with Crippen molar-refractivity contribution in [2.45, 2.75) is 83.8 Å². The van der Waals surface area contributed by atoms with Crippen LogP contribution in [0.3, 0.4) is 0 Å². The summed E-state index contributed by atoms with van der Waals surface area (Å²) in [5.41, 5.74) is 0.269. The Labute approximate surface area is 108 Å². The molecule has 0 amide bonds. The van der Waals surface area contributed by atoms with Gasteiger partial charge in [0.05, 0.1) is 6.10 Å². The van der Waals surface area contributed by atoms with Gasteiger partial charge in [0.25, 0.3) is 0 Å². The Hall–Kier alpha value is -0.0800. The molecular weight excluding hydrogens is 210 g/mol. The van der Waals surface area contributed by atoms with Gasteiger partial charge in [-0.25, -0.2) is 0 Å². The molecular formula is C15H31NO. The highest BCUT2D eigenvalue weighted by Gasteiger charge is 2.14. The predicted octanol–water partition coefficient (Wildman–Crippen LogP) is 3.89. The Bertz CT molecular complexity index is 180. The number of hydrogen-bond donors (Lipinski definition) is 1. The van der Waals surface area contributed by atoms with Gasteiger partial charge in [0, 0.05) is 12.1 Å². The lowest BCUT2D eigenvalue weighted by Crippen LogP contribution is -2.36. The molecule has 0 atom stereocenters. The van der Waals surface area contributed by atoms with E-state index < -0.39 is 0 Å². The molecule has 1 fully saturated rings. The molecule has 0 aromatic rings. The summed E-state index contributed by atoms with van der Waals surface area (Å²) in [7, 11) is 0. The second-order valence-corrected chi connectivity index (χ2v) is 6.37. The zero-order chi connectivity index (χ0) is 12.6. The van der Waals surface area contributed by atoms with Gasteiger partial charge >= 0.3 is 0 Å². The van der Waals surface area contributed by atoms with E-state index in [9.17, 15) is 0 Å². The lowest BCUT2D eigenvalue weighted by atomic mass is 10.1. The summed E-state index contributed by atoms with van der Waals surface area (Å²) in [5, 5.41) is 3.53. The third-order valence-corrected chi connectivity index (χ3v) is 3.38. The first-order valence-corrected chi connectivity index (χ1v) is 7.44. The van der Waals surface area contributed by atoms with Crippen LogP contribution < -0.4 is 5.32 Å². The molecule has 1 N–H and O–H groups in total. The van der Waals surface area contributed by atoms with E-state index in [0.29, 0.717) is 6.10 Å². The van der Waals surface area contributed by atoms with Gasteiger partial charge in [0.2, 0.25) is 0 Å². The minimum absolute atomic E-state index is 0.269. The fourth-order valence-electron chi connectivity index (χ4n) is 2.35. The summed E-state index contributed by atoms with van der Waals surface area (Å²) >= 11 is 0. The minimum Gasteiger partial charge on any atom is -0.378 e. The van der Waals surface area contributed by atoms with Gasteiger partial charge in [0.1, 0.15) is 0 Å². The molecule has 102 valence electrons. The van der Waals surface area contributed by atoms with Crippen LogP contribution in [0.4, 0.5) is 0 Å². The van der Waals surface area contributed by atoms with Gasteiger partial charge in [0.15, 0.2) is 0 Å². The van der Waals surface area contributed by atoms with Crippen molar-refractivity contribution in [3.63, 3.8) is 0 Å². The third-order valence-electron chi connectivity index (χ3n) is 3.38. The maximum absolute atomic E-state index is 5.85. The van der Waals surface area contributed by atoms with Gasteiger partial charge in [-0.3, -0.25) is 0 Å². The van der Waals surface area contributed by atoms with Gasteiger partial charge in [-0.05, 0) is 53.0 Å². The van der Waals surface area contributed by atoms with Crippen molar-refractivity contribution >= 4 is 0 Å². The lowest BCUT2D eigenvalue weighted by molar-refractivity contribution is 0.0556. The maximum Gasteiger partial charge on any atom is 0.0575 e. The molecule has 0 spiro atoms. The van der Waals surface area contributed by atoms with Crippen LogP contribution >= 0.6 is 0 Å². The molecule has 2 nitrogen and oxygen atoms in total. The third kappa shape index (κ3) is 8.62. The van der Waals surface area contributed by atoms with Crippen LogP contribution in [0.2, 0.25) is 0 Å². The van der Waals surface area contributed by atoms with Crippen LogP contribution in [0, 0.1) is 0 Å². The van der Waals surface area contributed by atoms with Crippen molar-refractivity contribution in [3.05, 3.63) is 0 Å². The first kappa shape index (κ1) is 15.0. The summed E-state index contributed by atoms with van der Waals surface area (Å²) in [6, 6.07) is 0. The molecule has 0 heterocycles. The van der Waals surface area contributed by atoms with Crippen molar-refractivity contribution < 1.29 is 4.74 Å². The second-order valence-electron chi connectivity index (χ2n) is 6.37. The van der Waals surface area contributed by atoms with E-state index in [0.717, 1.165) is 13.2 Å². The van der Waals surface area contributed by atoms with Crippen LogP contribution in [0.15, 0.2) is 0 Å². The molecule has 0 aromatic carbocycles. The molecule has 0 saturated heterocycles. The fraction of sp³-hybridized carbons (Fsp3) is 1.00. The van der Waals surface area contributed by atoms with Gasteiger partial charge in [-0.2, -0.15) is 0 Å². The summed E-state index contributed by atoms with van der Waals surface area (Å²) in [4.78, 5) is 0. The van der Waals surface area contributed by atoms with Crippen molar-refractivity contribution in [1.82, 2.24) is 5.32 Å². The highest BCUT2D eigenvalue weighted by Crippen LogP contribution is 2.21. The van der Waals surface area contributed by atoms with Gasteiger partial charge < -0.3 is 10.1 Å². The number of nitrogens with one attached hydrogen (secondary N) is 1. The zero-order valence-corrected chi connectivity index (χ0v) is 12.1. The highest BCUT2D eigenvalue weighted by atomic mass is 16.5. The molecule has 1 aliphatic carbocycles. The summed E-state index contributed by atoms with van der Waals surface area (Å²) < 4.78 is 5.85. The normalized spacial score (nSPS) is 17.8. The van der Waals surface area contributed by atoms with Crippen molar-refractivity contribution in [1.29, 1.82) is 0 Å². The first-order valence-electron chi connectivity index (χ1n) is 7.44. The molecule has 0 aliphatic heterocycles. The average molecular weight is 241 g/mol. The molecule has 0 unspecified atom stereocenters. The average Bonchev–Trinajstić information content (AvgIpc) is 2.73. The number of rotatable bonds is 8. The zero-order valence-electron chi connectivity index (χ0n) is 12.1. The van der Waals surface area contributed by atoms with Gasteiger partial charge in [-0.15, -0.1) is 0 Å². The monoisotopic (exact) mass is 241 g/mol. The van der Waals surface area contributed by atoms with E-state index in [4.69, 9.17) is 4.74 Å². The Morgan fingerprint density at radius 3 is 2.29 bits per heavy atom. The maximum atomic E-state index is 5.85. The molecule has 1 saturated carbocycles. The Morgan fingerprint density at radius 2 is 1.65 bits per heavy atom. The molecule has 1 aliphatic rings. The quantitative estimate of drug-likeness (QED) is 0.651. The lowest BCUT2D eigenvalue weighted by Gasteiger charge is -2.20. The number of hydrogen-bond acceptors (Lipinski definition) is 2. The largest absolute Gasteiger partial charge is 0.378 e. The molecule has 1 rings (SSSR count). The van der Waals surface area contributed by atoms with Crippen LogP contribution in [0.25, 0.3) is 0 Å². The summed E-state index contributed by atoms with van der Waals surface area (Å²) in [6.07, 6.45) is 11.1. The van der Waals surface area contributed by atoms with Crippen LogP contribution in [-0.4, -0.2) is 24.8 Å². The van der Waals surface area contributed by atoms with Crippen molar-refractivity contribution in [2.75, 3.05) is 13.2 Å². The van der Waals surface area contributed by atoms with Crippen LogP contribution in [0.5, 0.6) is 0 Å². The SMILES string of the molecule is CC(C)(C)NCCCCCCOC1CCCC1. The molecule has 17 heavy (non-hydrogen) atoms. The summed E-state index contributed by atoms with van der Waals surface area (Å²) in [6.45, 7) is 8.80. The second kappa shape index (κ2) is 8.10. The van der Waals surface area contributed by atoms with E-state index in [-0.39, 0.29) is 5.54 Å². The van der Waals surface area contributed by atoms with Crippen molar-refractivity contribution in [2.24, 2.45) is 0 Å². The topological polar surface area (TPSA) is 21.3 Å². The van der Waals surface area contributed by atoms with Crippen LogP contribution in [-0.2, 0) is 4.74 Å². The van der Waals surface area contributed by atoms with Gasteiger partial charge in [-0.1, -0.05) is 25.7 Å². The van der Waals surface area contributed by atoms with E-state index in [1.54, 1.807) is 0 Å². The Kier molecular flexibility index (Phi) is 7.14. The van der Waals surface area contributed by atoms with E-state index in [1.807, 2.05) is 0 Å². The number of unbranched alkanes of at least 4 members (excludes halogenated alkanes) is 3. The highest BCUT2D eigenvalue weighted by molar-refractivity contribution is 4.69. The smallest absolute Gasteiger partial charge is 0.0575 e. The van der Waals surface area contributed by atoms with E-state index in [1.165, 1.54) is 51.4 Å². The minimum atomic E-state index is 0.269. The van der Waals surface area contributed by atoms with E-state index in [2.05, 4.69) is 26.1 Å². The predicted molar refractivity (Wildman–Crippen MR) is 74.4 cm³/mol. The fourth-order valence-corrected chi connectivity index (χ4v) is 2.35. The molecule has 0 aromatic heterocycles. The van der Waals surface area contributed by atoms with Crippen molar-refractivity contribution in [3.8, 4) is 0 Å². The number of ether oxygens (including phenoxy) is 1.